The van der Waals surface area contributed by atoms with Crippen molar-refractivity contribution in [3.8, 4) is 0 Å². The van der Waals surface area contributed by atoms with Crippen molar-refractivity contribution >= 4 is 28.5 Å². The molecule has 5 nitrogen and oxygen atoms in total. The smallest absolute Gasteiger partial charge is 0.307 e. The number of hydrogen-bond acceptors (Lipinski definition) is 2. The third kappa shape index (κ3) is 2.63. The van der Waals surface area contributed by atoms with Gasteiger partial charge in [-0.2, -0.15) is 0 Å². The van der Waals surface area contributed by atoms with E-state index in [9.17, 15) is 14.7 Å². The molecule has 110 valence electrons. The Morgan fingerprint density at radius 2 is 2.00 bits per heavy atom. The number of fused-ring (bicyclic) bond motifs is 1. The molecule has 3 N–H and O–H groups in total. The highest BCUT2D eigenvalue weighted by Gasteiger charge is 2.41. The second-order valence-electron chi connectivity index (χ2n) is 5.90. The minimum atomic E-state index is -0.874. The summed E-state index contributed by atoms with van der Waals surface area (Å²) in [5.41, 5.74) is 1.71. The number of carboxylic acid groups (broad SMARTS) is 1. The normalized spacial score (nSPS) is 25.1. The number of aromatic amines is 1. The summed E-state index contributed by atoms with van der Waals surface area (Å²) in [6.45, 7) is 2.00. The van der Waals surface area contributed by atoms with Gasteiger partial charge in [0.05, 0.1) is 11.8 Å². The first-order chi connectivity index (χ1) is 10.0. The van der Waals surface area contributed by atoms with Gasteiger partial charge >= 0.3 is 5.97 Å². The molecule has 3 rings (SSSR count). The van der Waals surface area contributed by atoms with Crippen molar-refractivity contribution in [2.75, 3.05) is 5.32 Å². The SMILES string of the molecule is CC1CC(C(=O)O)C(C(=O)Nc2ccc3[nH]ccc3c2)C1. The molecule has 1 aliphatic rings. The quantitative estimate of drug-likeness (QED) is 0.811. The van der Waals surface area contributed by atoms with Crippen molar-refractivity contribution in [1.82, 2.24) is 4.98 Å². The third-order valence-corrected chi connectivity index (χ3v) is 4.27. The maximum absolute atomic E-state index is 12.4. The Morgan fingerprint density at radius 3 is 2.76 bits per heavy atom. The Kier molecular flexibility index (Phi) is 3.41. The Hall–Kier alpha value is -2.30. The minimum Gasteiger partial charge on any atom is -0.481 e. The number of H-pyrrole nitrogens is 1. The van der Waals surface area contributed by atoms with Crippen LogP contribution in [0.5, 0.6) is 0 Å². The van der Waals surface area contributed by atoms with E-state index in [1.54, 1.807) is 0 Å². The zero-order valence-electron chi connectivity index (χ0n) is 11.8. The molecule has 0 spiro atoms. The Labute approximate surface area is 122 Å². The average molecular weight is 286 g/mol. The summed E-state index contributed by atoms with van der Waals surface area (Å²) in [4.78, 5) is 26.7. The van der Waals surface area contributed by atoms with Crippen LogP contribution < -0.4 is 5.32 Å². The predicted molar refractivity (Wildman–Crippen MR) is 79.9 cm³/mol. The number of carboxylic acids is 1. The fourth-order valence-corrected chi connectivity index (χ4v) is 3.22. The van der Waals surface area contributed by atoms with Gasteiger partial charge < -0.3 is 15.4 Å². The lowest BCUT2D eigenvalue weighted by molar-refractivity contribution is -0.145. The molecule has 21 heavy (non-hydrogen) atoms. The molecule has 1 amide bonds. The highest BCUT2D eigenvalue weighted by molar-refractivity contribution is 5.97. The molecule has 1 aromatic carbocycles. The first-order valence-corrected chi connectivity index (χ1v) is 7.15. The maximum atomic E-state index is 12.4. The number of amides is 1. The fraction of sp³-hybridized carbons (Fsp3) is 0.375. The van der Waals surface area contributed by atoms with E-state index in [1.165, 1.54) is 0 Å². The monoisotopic (exact) mass is 286 g/mol. The number of benzene rings is 1. The summed E-state index contributed by atoms with van der Waals surface area (Å²) in [5, 5.41) is 13.1. The molecule has 1 aliphatic carbocycles. The second kappa shape index (κ2) is 5.24. The van der Waals surface area contributed by atoms with Gasteiger partial charge in [-0.05, 0) is 43.0 Å². The number of anilines is 1. The van der Waals surface area contributed by atoms with Gasteiger partial charge in [0, 0.05) is 22.8 Å². The molecule has 2 aromatic rings. The van der Waals surface area contributed by atoms with Crippen LogP contribution in [-0.2, 0) is 9.59 Å². The molecular formula is C16H18N2O3. The van der Waals surface area contributed by atoms with E-state index < -0.39 is 17.8 Å². The summed E-state index contributed by atoms with van der Waals surface area (Å²) >= 11 is 0. The van der Waals surface area contributed by atoms with Crippen LogP contribution in [0, 0.1) is 17.8 Å². The van der Waals surface area contributed by atoms with Crippen molar-refractivity contribution in [3.63, 3.8) is 0 Å². The predicted octanol–water partition coefficient (Wildman–Crippen LogP) is 2.85. The van der Waals surface area contributed by atoms with Crippen LogP contribution in [0.15, 0.2) is 30.5 Å². The van der Waals surface area contributed by atoms with E-state index in [4.69, 9.17) is 0 Å². The van der Waals surface area contributed by atoms with E-state index in [0.717, 1.165) is 10.9 Å². The molecule has 1 aromatic heterocycles. The van der Waals surface area contributed by atoms with Crippen molar-refractivity contribution < 1.29 is 14.7 Å². The molecule has 0 bridgehead atoms. The molecule has 1 fully saturated rings. The number of aliphatic carboxylic acids is 1. The van der Waals surface area contributed by atoms with Crippen LogP contribution in [0.3, 0.4) is 0 Å². The van der Waals surface area contributed by atoms with E-state index in [0.29, 0.717) is 18.5 Å². The van der Waals surface area contributed by atoms with Crippen LogP contribution in [0.2, 0.25) is 0 Å². The van der Waals surface area contributed by atoms with Crippen LogP contribution in [0.4, 0.5) is 5.69 Å². The van der Waals surface area contributed by atoms with Gasteiger partial charge in [0.15, 0.2) is 0 Å². The minimum absolute atomic E-state index is 0.193. The topological polar surface area (TPSA) is 82.2 Å². The Morgan fingerprint density at radius 1 is 1.24 bits per heavy atom. The summed E-state index contributed by atoms with van der Waals surface area (Å²) in [6, 6.07) is 7.54. The third-order valence-electron chi connectivity index (χ3n) is 4.27. The molecule has 0 radical (unpaired) electrons. The molecule has 1 heterocycles. The standard InChI is InChI=1S/C16H18N2O3/c1-9-6-12(13(7-9)16(20)21)15(19)18-11-2-3-14-10(8-11)4-5-17-14/h2-5,8-9,12-13,17H,6-7H2,1H3,(H,18,19)(H,20,21). The molecule has 1 saturated carbocycles. The van der Waals surface area contributed by atoms with Gasteiger partial charge in [-0.1, -0.05) is 6.92 Å². The zero-order chi connectivity index (χ0) is 15.0. The number of nitrogens with one attached hydrogen (secondary N) is 2. The van der Waals surface area contributed by atoms with E-state index >= 15 is 0 Å². The number of rotatable bonds is 3. The molecule has 5 heteroatoms. The average Bonchev–Trinajstić information content (AvgIpc) is 3.04. The highest BCUT2D eigenvalue weighted by atomic mass is 16.4. The summed E-state index contributed by atoms with van der Waals surface area (Å²) in [5.74, 6) is -1.81. The van der Waals surface area contributed by atoms with Gasteiger partial charge in [0.2, 0.25) is 5.91 Å². The summed E-state index contributed by atoms with van der Waals surface area (Å²) in [6.07, 6.45) is 3.05. The summed E-state index contributed by atoms with van der Waals surface area (Å²) < 4.78 is 0. The lowest BCUT2D eigenvalue weighted by Gasteiger charge is -2.15. The first kappa shape index (κ1) is 13.7. The van der Waals surface area contributed by atoms with Gasteiger partial charge in [-0.25, -0.2) is 0 Å². The van der Waals surface area contributed by atoms with E-state index in [2.05, 4.69) is 10.3 Å². The van der Waals surface area contributed by atoms with Crippen LogP contribution in [-0.4, -0.2) is 22.0 Å². The zero-order valence-corrected chi connectivity index (χ0v) is 11.8. The van der Waals surface area contributed by atoms with Gasteiger partial charge in [-0.3, -0.25) is 9.59 Å². The van der Waals surface area contributed by atoms with E-state index in [1.807, 2.05) is 37.4 Å². The van der Waals surface area contributed by atoms with Crippen molar-refractivity contribution in [1.29, 1.82) is 0 Å². The molecule has 3 unspecified atom stereocenters. The fourth-order valence-electron chi connectivity index (χ4n) is 3.22. The summed E-state index contributed by atoms with van der Waals surface area (Å²) in [7, 11) is 0. The van der Waals surface area contributed by atoms with Crippen LogP contribution >= 0.6 is 0 Å². The van der Waals surface area contributed by atoms with Crippen LogP contribution in [0.1, 0.15) is 19.8 Å². The number of carbonyl (C=O) groups is 2. The van der Waals surface area contributed by atoms with Crippen molar-refractivity contribution in [2.45, 2.75) is 19.8 Å². The highest BCUT2D eigenvalue weighted by Crippen LogP contribution is 2.37. The lowest BCUT2D eigenvalue weighted by Crippen LogP contribution is -2.29. The van der Waals surface area contributed by atoms with E-state index in [-0.39, 0.29) is 11.8 Å². The maximum Gasteiger partial charge on any atom is 0.307 e. The first-order valence-electron chi connectivity index (χ1n) is 7.15. The second-order valence-corrected chi connectivity index (χ2v) is 5.90. The van der Waals surface area contributed by atoms with Crippen LogP contribution in [0.25, 0.3) is 10.9 Å². The molecular weight excluding hydrogens is 268 g/mol. The number of aromatic nitrogens is 1. The largest absolute Gasteiger partial charge is 0.481 e. The number of hydrogen-bond donors (Lipinski definition) is 3. The van der Waals surface area contributed by atoms with Crippen molar-refractivity contribution in [3.05, 3.63) is 30.5 Å². The van der Waals surface area contributed by atoms with Gasteiger partial charge in [0.1, 0.15) is 0 Å². The Balaban J connectivity index is 1.77. The molecule has 3 atom stereocenters. The number of carbonyl (C=O) groups excluding carboxylic acids is 1. The van der Waals surface area contributed by atoms with Gasteiger partial charge in [0.25, 0.3) is 0 Å². The van der Waals surface area contributed by atoms with Crippen molar-refractivity contribution in [2.24, 2.45) is 17.8 Å². The lowest BCUT2D eigenvalue weighted by atomic mass is 9.95. The molecule has 0 saturated heterocycles. The Bertz CT molecular complexity index is 692. The molecule has 0 aliphatic heterocycles. The van der Waals surface area contributed by atoms with Gasteiger partial charge in [-0.15, -0.1) is 0 Å².